The van der Waals surface area contributed by atoms with Gasteiger partial charge in [-0.3, -0.25) is 4.79 Å². The van der Waals surface area contributed by atoms with Gasteiger partial charge in [0.15, 0.2) is 0 Å². The van der Waals surface area contributed by atoms with Gasteiger partial charge < -0.3 is 14.7 Å². The summed E-state index contributed by atoms with van der Waals surface area (Å²) in [6.45, 7) is 7.15. The fraction of sp³-hybridized carbons (Fsp3) is 0.846. The van der Waals surface area contributed by atoms with Crippen LogP contribution in [0, 0.1) is 5.41 Å². The van der Waals surface area contributed by atoms with Crippen molar-refractivity contribution in [3.05, 3.63) is 0 Å². The van der Waals surface area contributed by atoms with Gasteiger partial charge in [0.05, 0.1) is 5.41 Å². The number of carboxylic acids is 1. The molecule has 1 N–H and O–H groups in total. The first-order valence-electron chi connectivity index (χ1n) is 6.29. The number of nitrogens with zero attached hydrogens (tertiary/aromatic N) is 1. The molecule has 0 radical (unpaired) electrons. The van der Waals surface area contributed by atoms with E-state index in [4.69, 9.17) is 4.74 Å². The monoisotopic (exact) mass is 257 g/mol. The molecule has 104 valence electrons. The lowest BCUT2D eigenvalue weighted by Crippen LogP contribution is -2.55. The number of carbonyl (C=O) groups is 2. The number of carboxylic acid groups (broad SMARTS) is 1. The van der Waals surface area contributed by atoms with Crippen molar-refractivity contribution in [2.45, 2.75) is 58.6 Å². The van der Waals surface area contributed by atoms with Crippen LogP contribution in [0.2, 0.25) is 0 Å². The third-order valence-electron chi connectivity index (χ3n) is 3.73. The van der Waals surface area contributed by atoms with Crippen LogP contribution in [0.15, 0.2) is 0 Å². The van der Waals surface area contributed by atoms with E-state index in [-0.39, 0.29) is 6.04 Å². The Kier molecular flexibility index (Phi) is 3.93. The second kappa shape index (κ2) is 4.78. The van der Waals surface area contributed by atoms with E-state index in [2.05, 4.69) is 0 Å². The lowest BCUT2D eigenvalue weighted by atomic mass is 9.64. The Morgan fingerprint density at radius 3 is 2.11 bits per heavy atom. The highest BCUT2D eigenvalue weighted by Gasteiger charge is 2.51. The average Bonchev–Trinajstić information content (AvgIpc) is 2.10. The molecule has 0 bridgehead atoms. The summed E-state index contributed by atoms with van der Waals surface area (Å²) in [7, 11) is 1.60. The molecule has 1 fully saturated rings. The quantitative estimate of drug-likeness (QED) is 0.843. The summed E-state index contributed by atoms with van der Waals surface area (Å²) < 4.78 is 5.26. The standard InChI is InChI=1S/C13H23NO4/c1-9(13(10(15)16)7-6-8-13)14(5)11(17)18-12(2,3)4/h9H,6-8H2,1-5H3,(H,15,16). The summed E-state index contributed by atoms with van der Waals surface area (Å²) in [5.74, 6) is -0.823. The minimum Gasteiger partial charge on any atom is -0.481 e. The minimum atomic E-state index is -0.823. The summed E-state index contributed by atoms with van der Waals surface area (Å²) in [5, 5.41) is 9.34. The first-order valence-corrected chi connectivity index (χ1v) is 6.29. The highest BCUT2D eigenvalue weighted by atomic mass is 16.6. The predicted octanol–water partition coefficient (Wildman–Crippen LogP) is 2.50. The van der Waals surface area contributed by atoms with Gasteiger partial charge in [0.2, 0.25) is 0 Å². The van der Waals surface area contributed by atoms with Crippen LogP contribution in [-0.2, 0) is 9.53 Å². The molecule has 1 unspecified atom stereocenters. The predicted molar refractivity (Wildman–Crippen MR) is 67.4 cm³/mol. The molecule has 1 amide bonds. The van der Waals surface area contributed by atoms with Gasteiger partial charge in [0, 0.05) is 13.1 Å². The van der Waals surface area contributed by atoms with Crippen molar-refractivity contribution in [3.63, 3.8) is 0 Å². The molecule has 0 aromatic heterocycles. The maximum atomic E-state index is 11.9. The summed E-state index contributed by atoms with van der Waals surface area (Å²) in [6, 6.07) is -0.362. The summed E-state index contributed by atoms with van der Waals surface area (Å²) in [4.78, 5) is 24.7. The van der Waals surface area contributed by atoms with Gasteiger partial charge in [-0.2, -0.15) is 0 Å². The largest absolute Gasteiger partial charge is 0.481 e. The van der Waals surface area contributed by atoms with Crippen LogP contribution in [-0.4, -0.2) is 40.8 Å². The van der Waals surface area contributed by atoms with E-state index in [1.54, 1.807) is 34.7 Å². The van der Waals surface area contributed by atoms with Crippen LogP contribution in [0.4, 0.5) is 4.79 Å². The molecule has 1 atom stereocenters. The molecule has 0 aromatic rings. The second-order valence-corrected chi connectivity index (χ2v) is 6.08. The highest BCUT2D eigenvalue weighted by molar-refractivity contribution is 5.78. The first kappa shape index (κ1) is 14.8. The molecule has 0 saturated heterocycles. The molecule has 5 heteroatoms. The summed E-state index contributed by atoms with van der Waals surface area (Å²) in [5.41, 5.74) is -1.37. The number of hydrogen-bond donors (Lipinski definition) is 1. The van der Waals surface area contributed by atoms with Crippen molar-refractivity contribution in [2.24, 2.45) is 5.41 Å². The normalized spacial score (nSPS) is 19.6. The van der Waals surface area contributed by atoms with Gasteiger partial charge in [0.1, 0.15) is 5.60 Å². The van der Waals surface area contributed by atoms with Crippen LogP contribution in [0.25, 0.3) is 0 Å². The maximum Gasteiger partial charge on any atom is 0.410 e. The van der Waals surface area contributed by atoms with Crippen molar-refractivity contribution in [2.75, 3.05) is 7.05 Å². The van der Waals surface area contributed by atoms with Crippen LogP contribution in [0.3, 0.4) is 0 Å². The molecule has 0 heterocycles. The van der Waals surface area contributed by atoms with Crippen molar-refractivity contribution < 1.29 is 19.4 Å². The Hall–Kier alpha value is -1.26. The van der Waals surface area contributed by atoms with Crippen molar-refractivity contribution in [1.82, 2.24) is 4.90 Å². The van der Waals surface area contributed by atoms with Crippen LogP contribution in [0.5, 0.6) is 0 Å². The topological polar surface area (TPSA) is 66.8 Å². The second-order valence-electron chi connectivity index (χ2n) is 6.08. The zero-order valence-corrected chi connectivity index (χ0v) is 11.8. The average molecular weight is 257 g/mol. The SMILES string of the molecule is CC(N(C)C(=O)OC(C)(C)C)C1(C(=O)O)CCC1. The van der Waals surface area contributed by atoms with Crippen LogP contribution < -0.4 is 0 Å². The van der Waals surface area contributed by atoms with E-state index in [1.165, 1.54) is 4.90 Å². The maximum absolute atomic E-state index is 11.9. The van der Waals surface area contributed by atoms with Gasteiger partial charge in [-0.25, -0.2) is 4.79 Å². The zero-order valence-electron chi connectivity index (χ0n) is 11.8. The lowest BCUT2D eigenvalue weighted by Gasteiger charge is -2.45. The third-order valence-corrected chi connectivity index (χ3v) is 3.73. The van der Waals surface area contributed by atoms with Gasteiger partial charge in [0.25, 0.3) is 0 Å². The molecule has 1 aliphatic carbocycles. The fourth-order valence-electron chi connectivity index (χ4n) is 2.23. The number of ether oxygens (including phenoxy) is 1. The van der Waals surface area contributed by atoms with Crippen molar-refractivity contribution in [1.29, 1.82) is 0 Å². The Balaban J connectivity index is 2.74. The van der Waals surface area contributed by atoms with E-state index in [1.807, 2.05) is 0 Å². The highest BCUT2D eigenvalue weighted by Crippen LogP contribution is 2.45. The molecule has 1 aliphatic rings. The molecule has 5 nitrogen and oxygen atoms in total. The molecular formula is C13H23NO4. The van der Waals surface area contributed by atoms with E-state index in [0.717, 1.165) is 6.42 Å². The fourth-order valence-corrected chi connectivity index (χ4v) is 2.23. The van der Waals surface area contributed by atoms with Crippen molar-refractivity contribution >= 4 is 12.1 Å². The van der Waals surface area contributed by atoms with Crippen LogP contribution >= 0.6 is 0 Å². The molecule has 0 aliphatic heterocycles. The van der Waals surface area contributed by atoms with Gasteiger partial charge in [-0.15, -0.1) is 0 Å². The number of rotatable bonds is 3. The third kappa shape index (κ3) is 2.76. The lowest BCUT2D eigenvalue weighted by molar-refractivity contribution is -0.159. The Labute approximate surface area is 108 Å². The Morgan fingerprint density at radius 1 is 1.33 bits per heavy atom. The van der Waals surface area contributed by atoms with Gasteiger partial charge >= 0.3 is 12.1 Å². The van der Waals surface area contributed by atoms with Crippen molar-refractivity contribution in [3.8, 4) is 0 Å². The Morgan fingerprint density at radius 2 is 1.83 bits per heavy atom. The van der Waals surface area contributed by atoms with E-state index < -0.39 is 23.1 Å². The number of carbonyl (C=O) groups excluding carboxylic acids is 1. The molecule has 0 aromatic carbocycles. The van der Waals surface area contributed by atoms with E-state index in [9.17, 15) is 14.7 Å². The molecule has 1 rings (SSSR count). The smallest absolute Gasteiger partial charge is 0.410 e. The van der Waals surface area contributed by atoms with Gasteiger partial charge in [-0.05, 0) is 40.5 Å². The number of amides is 1. The molecule has 1 saturated carbocycles. The number of aliphatic carboxylic acids is 1. The minimum absolute atomic E-state index is 0.362. The first-order chi connectivity index (χ1) is 8.10. The number of hydrogen-bond acceptors (Lipinski definition) is 3. The summed E-state index contributed by atoms with van der Waals surface area (Å²) >= 11 is 0. The molecular weight excluding hydrogens is 234 g/mol. The van der Waals surface area contributed by atoms with E-state index in [0.29, 0.717) is 12.8 Å². The van der Waals surface area contributed by atoms with E-state index >= 15 is 0 Å². The Bertz CT molecular complexity index is 341. The summed E-state index contributed by atoms with van der Waals surface area (Å²) in [6.07, 6.45) is 1.68. The van der Waals surface area contributed by atoms with Gasteiger partial charge in [-0.1, -0.05) is 6.42 Å². The molecule has 18 heavy (non-hydrogen) atoms. The molecule has 0 spiro atoms. The van der Waals surface area contributed by atoms with Crippen LogP contribution in [0.1, 0.15) is 47.0 Å². The zero-order chi connectivity index (χ0) is 14.1.